The van der Waals surface area contributed by atoms with Crippen LogP contribution in [0.25, 0.3) is 0 Å². The molecule has 202 valence electrons. The quantitative estimate of drug-likeness (QED) is 0.323. The number of fused-ring (bicyclic) bond motifs is 2. The second kappa shape index (κ2) is 10.4. The molecule has 3 unspecified atom stereocenters. The number of nitrogens with one attached hydrogen (secondary N) is 2. The first-order valence-corrected chi connectivity index (χ1v) is 14.1. The van der Waals surface area contributed by atoms with Crippen LogP contribution in [-0.4, -0.2) is 34.6 Å². The van der Waals surface area contributed by atoms with Gasteiger partial charge in [-0.15, -0.1) is 0 Å². The number of thiazole rings is 1. The van der Waals surface area contributed by atoms with Crippen LogP contribution in [0.15, 0.2) is 82.6 Å². The molecule has 6 rings (SSSR count). The fraction of sp³-hybridized carbons (Fsp3) is 0.172. The number of benzene rings is 3. The first-order valence-electron chi connectivity index (χ1n) is 12.4. The molecule has 0 aliphatic carbocycles. The Hall–Kier alpha value is -4.22. The van der Waals surface area contributed by atoms with E-state index in [1.807, 2.05) is 25.1 Å². The van der Waals surface area contributed by atoms with Crippen LogP contribution < -0.4 is 19.8 Å². The summed E-state index contributed by atoms with van der Waals surface area (Å²) in [4.78, 5) is 56.1. The summed E-state index contributed by atoms with van der Waals surface area (Å²) in [5.41, 5.74) is 2.73. The van der Waals surface area contributed by atoms with Crippen LogP contribution in [0, 0.1) is 18.7 Å². The van der Waals surface area contributed by atoms with E-state index in [4.69, 9.17) is 4.74 Å². The summed E-state index contributed by atoms with van der Waals surface area (Å²) >= 11 is 2.19. The molecule has 8 nitrogen and oxygen atoms in total. The highest BCUT2D eigenvalue weighted by Crippen LogP contribution is 2.53. The van der Waals surface area contributed by atoms with Crippen LogP contribution in [0.3, 0.4) is 0 Å². The Bertz CT molecular complexity index is 1680. The van der Waals surface area contributed by atoms with E-state index in [0.29, 0.717) is 27.0 Å². The van der Waals surface area contributed by atoms with E-state index < -0.39 is 34.7 Å². The van der Waals surface area contributed by atoms with E-state index in [2.05, 4.69) is 10.3 Å². The van der Waals surface area contributed by atoms with Crippen molar-refractivity contribution >= 4 is 52.2 Å². The van der Waals surface area contributed by atoms with Crippen molar-refractivity contribution in [3.05, 3.63) is 104 Å². The molecule has 4 aromatic rings. The minimum Gasteiger partial charge on any atom is -0.484 e. The van der Waals surface area contributed by atoms with Crippen molar-refractivity contribution in [3.63, 3.8) is 0 Å². The summed E-state index contributed by atoms with van der Waals surface area (Å²) < 4.78 is 19.2. The van der Waals surface area contributed by atoms with Crippen molar-refractivity contribution in [1.29, 1.82) is 0 Å². The molecule has 0 saturated carbocycles. The van der Waals surface area contributed by atoms with Gasteiger partial charge < -0.3 is 15.0 Å². The SMILES string of the molecule is Cc1cccc(NC(=O)COc2ccc(C3c4sc(=O)[nH]c4SC4C(=O)N(c5ccc(F)cc5)C(=O)C43)cc2)c1. The van der Waals surface area contributed by atoms with Gasteiger partial charge in [-0.2, -0.15) is 0 Å². The zero-order chi connectivity index (χ0) is 28.0. The largest absolute Gasteiger partial charge is 0.484 e. The summed E-state index contributed by atoms with van der Waals surface area (Å²) in [6, 6.07) is 19.6. The molecule has 3 atom stereocenters. The van der Waals surface area contributed by atoms with Gasteiger partial charge in [-0.05, 0) is 66.6 Å². The average Bonchev–Trinajstić information content (AvgIpc) is 3.42. The molecule has 40 heavy (non-hydrogen) atoms. The lowest BCUT2D eigenvalue weighted by Crippen LogP contribution is -2.32. The third kappa shape index (κ3) is 4.82. The molecule has 2 N–H and O–H groups in total. The molecule has 3 amide bonds. The van der Waals surface area contributed by atoms with Crippen LogP contribution in [0.5, 0.6) is 5.75 Å². The number of carbonyl (C=O) groups is 3. The normalized spacial score (nSPS) is 19.8. The van der Waals surface area contributed by atoms with Gasteiger partial charge in [-0.25, -0.2) is 9.29 Å². The Morgan fingerprint density at radius 3 is 2.50 bits per heavy atom. The van der Waals surface area contributed by atoms with E-state index in [1.54, 1.807) is 30.3 Å². The van der Waals surface area contributed by atoms with Crippen LogP contribution in [-0.2, 0) is 14.4 Å². The minimum absolute atomic E-state index is 0.193. The Morgan fingerprint density at radius 2 is 1.77 bits per heavy atom. The summed E-state index contributed by atoms with van der Waals surface area (Å²) in [5.74, 6) is -2.44. The lowest BCUT2D eigenvalue weighted by molar-refractivity contribution is -0.122. The van der Waals surface area contributed by atoms with Crippen LogP contribution >= 0.6 is 23.1 Å². The fourth-order valence-electron chi connectivity index (χ4n) is 5.06. The van der Waals surface area contributed by atoms with Gasteiger partial charge in [-0.3, -0.25) is 19.2 Å². The third-order valence-electron chi connectivity index (χ3n) is 6.82. The second-order valence-corrected chi connectivity index (χ2v) is 11.7. The van der Waals surface area contributed by atoms with E-state index in [1.165, 1.54) is 36.0 Å². The van der Waals surface area contributed by atoms with Crippen LogP contribution in [0.4, 0.5) is 15.8 Å². The summed E-state index contributed by atoms with van der Waals surface area (Å²) in [6.45, 7) is 1.74. The van der Waals surface area contributed by atoms with Gasteiger partial charge in [-0.1, -0.05) is 47.4 Å². The number of rotatable bonds is 6. The van der Waals surface area contributed by atoms with Gasteiger partial charge in [0.25, 0.3) is 5.91 Å². The van der Waals surface area contributed by atoms with Gasteiger partial charge in [0.1, 0.15) is 16.8 Å². The smallest absolute Gasteiger partial charge is 0.305 e. The van der Waals surface area contributed by atoms with Crippen molar-refractivity contribution in [1.82, 2.24) is 4.98 Å². The number of anilines is 2. The number of carbonyl (C=O) groups excluding carboxylic acids is 3. The number of ether oxygens (including phenoxy) is 1. The molecular weight excluding hydrogens is 553 g/mol. The maximum absolute atomic E-state index is 13.7. The Balaban J connectivity index is 1.24. The van der Waals surface area contributed by atoms with E-state index in [0.717, 1.165) is 27.4 Å². The monoisotopic (exact) mass is 575 g/mol. The lowest BCUT2D eigenvalue weighted by Gasteiger charge is -2.29. The van der Waals surface area contributed by atoms with Gasteiger partial charge in [0.05, 0.1) is 16.6 Å². The van der Waals surface area contributed by atoms with E-state index in [9.17, 15) is 23.6 Å². The summed E-state index contributed by atoms with van der Waals surface area (Å²) in [6.07, 6.45) is 0. The predicted octanol–water partition coefficient (Wildman–Crippen LogP) is 4.70. The van der Waals surface area contributed by atoms with Gasteiger partial charge >= 0.3 is 4.87 Å². The Labute approximate surface area is 236 Å². The van der Waals surface area contributed by atoms with E-state index in [-0.39, 0.29) is 17.4 Å². The van der Waals surface area contributed by atoms with E-state index >= 15 is 0 Å². The maximum Gasteiger partial charge on any atom is 0.305 e. The molecule has 3 aromatic carbocycles. The summed E-state index contributed by atoms with van der Waals surface area (Å²) in [7, 11) is 0. The number of H-pyrrole nitrogens is 1. The Kier molecular flexibility index (Phi) is 6.77. The van der Waals surface area contributed by atoms with Crippen molar-refractivity contribution in [3.8, 4) is 5.75 Å². The molecule has 11 heteroatoms. The van der Waals surface area contributed by atoms with Crippen molar-refractivity contribution in [2.75, 3.05) is 16.8 Å². The minimum atomic E-state index is -0.756. The molecule has 1 aromatic heterocycles. The number of hydrogen-bond acceptors (Lipinski definition) is 7. The molecule has 1 saturated heterocycles. The number of aromatic nitrogens is 1. The topological polar surface area (TPSA) is 109 Å². The molecule has 0 radical (unpaired) electrons. The standard InChI is InChI=1S/C29H22FN3O5S2/c1-15-3-2-4-18(13-15)31-21(34)14-38-20-11-5-16(6-12-20)22-23-25(39-26-24(22)40-29(37)32-26)28(36)33(27(23)35)19-9-7-17(30)8-10-19/h2-13,22-23,25H,14H2,1H3,(H,31,34)(H,32,37). The van der Waals surface area contributed by atoms with Gasteiger partial charge in [0.15, 0.2) is 6.61 Å². The number of amides is 3. The highest BCUT2D eigenvalue weighted by molar-refractivity contribution is 8.00. The summed E-state index contributed by atoms with van der Waals surface area (Å²) in [5, 5.41) is 2.61. The van der Waals surface area contributed by atoms with Gasteiger partial charge in [0.2, 0.25) is 11.8 Å². The van der Waals surface area contributed by atoms with Crippen LogP contribution in [0.1, 0.15) is 21.9 Å². The first kappa shape index (κ1) is 26.0. The number of nitrogens with zero attached hydrogens (tertiary/aromatic N) is 1. The fourth-order valence-corrected chi connectivity index (χ4v) is 7.58. The number of hydrogen-bond donors (Lipinski definition) is 2. The molecular formula is C29H22FN3O5S2. The highest BCUT2D eigenvalue weighted by atomic mass is 32.2. The molecule has 1 fully saturated rings. The number of imide groups is 1. The molecule has 3 heterocycles. The third-order valence-corrected chi connectivity index (χ3v) is 9.22. The van der Waals surface area contributed by atoms with Crippen molar-refractivity contribution < 1.29 is 23.5 Å². The lowest BCUT2D eigenvalue weighted by atomic mass is 9.83. The molecule has 0 spiro atoms. The molecule has 2 aliphatic rings. The zero-order valence-corrected chi connectivity index (χ0v) is 22.7. The highest BCUT2D eigenvalue weighted by Gasteiger charge is 2.56. The van der Waals surface area contributed by atoms with Gasteiger partial charge in [0, 0.05) is 16.5 Å². The molecule has 2 aliphatic heterocycles. The number of halogens is 1. The van der Waals surface area contributed by atoms with Crippen molar-refractivity contribution in [2.24, 2.45) is 5.92 Å². The first-order chi connectivity index (χ1) is 19.3. The predicted molar refractivity (Wildman–Crippen MR) is 151 cm³/mol. The number of aromatic amines is 1. The average molecular weight is 576 g/mol. The number of aryl methyl sites for hydroxylation is 1. The van der Waals surface area contributed by atoms with Crippen LogP contribution in [0.2, 0.25) is 0 Å². The molecule has 0 bridgehead atoms. The second-order valence-electron chi connectivity index (χ2n) is 9.51. The maximum atomic E-state index is 13.7. The zero-order valence-electron chi connectivity index (χ0n) is 21.1. The Morgan fingerprint density at radius 1 is 1.02 bits per heavy atom. The van der Waals surface area contributed by atoms with Crippen molar-refractivity contribution in [2.45, 2.75) is 23.1 Å². The number of thioether (sulfide) groups is 1.